The lowest BCUT2D eigenvalue weighted by molar-refractivity contribution is 0.185. The van der Waals surface area contributed by atoms with Gasteiger partial charge in [-0.2, -0.15) is 11.8 Å². The molecule has 2 heteroatoms. The summed E-state index contributed by atoms with van der Waals surface area (Å²) in [6, 6.07) is 0. The van der Waals surface area contributed by atoms with Gasteiger partial charge in [-0.1, -0.05) is 0 Å². The molecule has 1 heterocycles. The average molecular weight is 118 g/mol. The Labute approximate surface area is 48.1 Å². The molecule has 0 amide bonds. The number of thioether (sulfide) groups is 1. The van der Waals surface area contributed by atoms with Crippen molar-refractivity contribution in [2.45, 2.75) is 18.9 Å². The molecule has 0 bridgehead atoms. The van der Waals surface area contributed by atoms with Crippen molar-refractivity contribution in [3.8, 4) is 0 Å². The summed E-state index contributed by atoms with van der Waals surface area (Å²) in [5.41, 5.74) is 0. The van der Waals surface area contributed by atoms with Crippen molar-refractivity contribution in [3.05, 3.63) is 0 Å². The minimum absolute atomic E-state index is 0.00116. The van der Waals surface area contributed by atoms with Crippen molar-refractivity contribution in [1.29, 1.82) is 0 Å². The highest BCUT2D eigenvalue weighted by Gasteiger charge is 2.08. The summed E-state index contributed by atoms with van der Waals surface area (Å²) in [6.07, 6.45) is 2.22. The Kier molecular flexibility index (Phi) is 2.00. The molecule has 0 aromatic rings. The van der Waals surface area contributed by atoms with Gasteiger partial charge in [0.2, 0.25) is 0 Å². The van der Waals surface area contributed by atoms with E-state index in [2.05, 4.69) is 0 Å². The van der Waals surface area contributed by atoms with Crippen molar-refractivity contribution in [3.63, 3.8) is 0 Å². The highest BCUT2D eigenvalue weighted by molar-refractivity contribution is 7.99. The van der Waals surface area contributed by atoms with E-state index in [1.807, 2.05) is 11.8 Å². The molecule has 0 aromatic carbocycles. The van der Waals surface area contributed by atoms with E-state index in [1.54, 1.807) is 0 Å². The molecule has 0 radical (unpaired) electrons. The molecule has 1 N–H and O–H groups in total. The Morgan fingerprint density at radius 2 is 2.43 bits per heavy atom. The Morgan fingerprint density at radius 1 is 1.57 bits per heavy atom. The molecule has 1 rings (SSSR count). The Bertz CT molecular complexity index is 50.0. The van der Waals surface area contributed by atoms with Crippen LogP contribution in [0.4, 0.5) is 0 Å². The van der Waals surface area contributed by atoms with Gasteiger partial charge in [0, 0.05) is 5.75 Å². The first-order valence-corrected chi connectivity index (χ1v) is 3.81. The van der Waals surface area contributed by atoms with Gasteiger partial charge in [-0.3, -0.25) is 0 Å². The van der Waals surface area contributed by atoms with Crippen LogP contribution in [-0.2, 0) is 0 Å². The van der Waals surface area contributed by atoms with Crippen LogP contribution < -0.4 is 0 Å². The van der Waals surface area contributed by atoms with E-state index in [-0.39, 0.29) is 6.10 Å². The van der Waals surface area contributed by atoms with Crippen LogP contribution in [0.1, 0.15) is 12.8 Å². The zero-order chi connectivity index (χ0) is 5.11. The van der Waals surface area contributed by atoms with Crippen molar-refractivity contribution in [2.24, 2.45) is 0 Å². The molecule has 1 atom stereocenters. The van der Waals surface area contributed by atoms with Gasteiger partial charge in [0.05, 0.1) is 6.10 Å². The van der Waals surface area contributed by atoms with E-state index >= 15 is 0 Å². The van der Waals surface area contributed by atoms with Crippen molar-refractivity contribution < 1.29 is 5.11 Å². The zero-order valence-corrected chi connectivity index (χ0v) is 5.08. The molecule has 42 valence electrons. The summed E-state index contributed by atoms with van der Waals surface area (Å²) < 4.78 is 0. The van der Waals surface area contributed by atoms with Crippen LogP contribution in [0.5, 0.6) is 0 Å². The van der Waals surface area contributed by atoms with Gasteiger partial charge in [-0.15, -0.1) is 0 Å². The second-order valence-corrected chi connectivity index (χ2v) is 3.02. The second-order valence-electron chi connectivity index (χ2n) is 1.87. The summed E-state index contributed by atoms with van der Waals surface area (Å²) in [5, 5.41) is 8.89. The number of aliphatic hydroxyl groups is 1. The smallest absolute Gasteiger partial charge is 0.0630 e. The predicted octanol–water partition coefficient (Wildman–Crippen LogP) is 0.874. The van der Waals surface area contributed by atoms with Crippen LogP contribution in [0.15, 0.2) is 0 Å². The van der Waals surface area contributed by atoms with Crippen LogP contribution in [-0.4, -0.2) is 22.7 Å². The van der Waals surface area contributed by atoms with Crippen molar-refractivity contribution in [1.82, 2.24) is 0 Å². The summed E-state index contributed by atoms with van der Waals surface area (Å²) in [6.45, 7) is 0. The molecule has 1 fully saturated rings. The quantitative estimate of drug-likeness (QED) is 0.509. The Hall–Kier alpha value is 0.310. The summed E-state index contributed by atoms with van der Waals surface area (Å²) >= 11 is 1.85. The third-order valence-corrected chi connectivity index (χ3v) is 2.33. The van der Waals surface area contributed by atoms with E-state index in [9.17, 15) is 0 Å². The lowest BCUT2D eigenvalue weighted by Gasteiger charge is -2.14. The molecule has 0 spiro atoms. The van der Waals surface area contributed by atoms with Crippen LogP contribution in [0.25, 0.3) is 0 Å². The number of hydrogen-bond acceptors (Lipinski definition) is 2. The molecule has 0 saturated carbocycles. The summed E-state index contributed by atoms with van der Waals surface area (Å²) in [5.74, 6) is 2.21. The van der Waals surface area contributed by atoms with E-state index in [0.717, 1.165) is 12.2 Å². The van der Waals surface area contributed by atoms with E-state index in [1.165, 1.54) is 12.2 Å². The highest BCUT2D eigenvalue weighted by atomic mass is 32.2. The molecule has 0 aliphatic carbocycles. The monoisotopic (exact) mass is 118 g/mol. The minimum Gasteiger partial charge on any atom is -0.392 e. The largest absolute Gasteiger partial charge is 0.392 e. The number of hydrogen-bond donors (Lipinski definition) is 1. The SMILES string of the molecule is OC1CCCSC1. The van der Waals surface area contributed by atoms with Gasteiger partial charge in [0.25, 0.3) is 0 Å². The minimum atomic E-state index is -0.00116. The van der Waals surface area contributed by atoms with E-state index < -0.39 is 0 Å². The maximum Gasteiger partial charge on any atom is 0.0630 e. The van der Waals surface area contributed by atoms with Gasteiger partial charge in [0.15, 0.2) is 0 Å². The van der Waals surface area contributed by atoms with Crippen molar-refractivity contribution in [2.75, 3.05) is 11.5 Å². The lowest BCUT2D eigenvalue weighted by Crippen LogP contribution is -2.14. The van der Waals surface area contributed by atoms with Crippen LogP contribution in [0.3, 0.4) is 0 Å². The van der Waals surface area contributed by atoms with Gasteiger partial charge < -0.3 is 5.11 Å². The van der Waals surface area contributed by atoms with Gasteiger partial charge >= 0.3 is 0 Å². The number of rotatable bonds is 0. The Balaban J connectivity index is 2.12. The maximum absolute atomic E-state index is 8.89. The molecule has 1 aliphatic heterocycles. The van der Waals surface area contributed by atoms with Crippen molar-refractivity contribution >= 4 is 11.8 Å². The van der Waals surface area contributed by atoms with Gasteiger partial charge in [0.1, 0.15) is 0 Å². The fraction of sp³-hybridized carbons (Fsp3) is 1.00. The fourth-order valence-corrected chi connectivity index (χ4v) is 1.70. The first kappa shape index (κ1) is 5.45. The van der Waals surface area contributed by atoms with Gasteiger partial charge in [-0.05, 0) is 18.6 Å². The third kappa shape index (κ3) is 1.70. The van der Waals surface area contributed by atoms with E-state index in [0.29, 0.717) is 0 Å². The predicted molar refractivity (Wildman–Crippen MR) is 32.6 cm³/mol. The van der Waals surface area contributed by atoms with Gasteiger partial charge in [-0.25, -0.2) is 0 Å². The molecule has 1 nitrogen and oxygen atoms in total. The molecule has 1 saturated heterocycles. The lowest BCUT2D eigenvalue weighted by atomic mass is 10.2. The normalized spacial score (nSPS) is 33.0. The van der Waals surface area contributed by atoms with Crippen LogP contribution in [0.2, 0.25) is 0 Å². The fourth-order valence-electron chi connectivity index (χ4n) is 0.724. The first-order chi connectivity index (χ1) is 3.39. The second kappa shape index (κ2) is 2.58. The summed E-state index contributed by atoms with van der Waals surface area (Å²) in [4.78, 5) is 0. The topological polar surface area (TPSA) is 20.2 Å². The molecule has 1 aliphatic rings. The Morgan fingerprint density at radius 3 is 2.71 bits per heavy atom. The summed E-state index contributed by atoms with van der Waals surface area (Å²) in [7, 11) is 0. The first-order valence-electron chi connectivity index (χ1n) is 2.65. The molecule has 0 aromatic heterocycles. The molecular weight excluding hydrogens is 108 g/mol. The van der Waals surface area contributed by atoms with E-state index in [4.69, 9.17) is 5.11 Å². The maximum atomic E-state index is 8.89. The number of aliphatic hydroxyl groups excluding tert-OH is 1. The molecule has 7 heavy (non-hydrogen) atoms. The zero-order valence-electron chi connectivity index (χ0n) is 4.26. The highest BCUT2D eigenvalue weighted by Crippen LogP contribution is 2.15. The molecule has 1 unspecified atom stereocenters. The average Bonchev–Trinajstić information content (AvgIpc) is 1.69. The van der Waals surface area contributed by atoms with Crippen LogP contribution in [0, 0.1) is 0 Å². The third-order valence-electron chi connectivity index (χ3n) is 1.14. The van der Waals surface area contributed by atoms with Crippen LogP contribution >= 0.6 is 11.8 Å². The molecular formula is C5H10OS. The standard InChI is InChI=1S/C5H10OS/c6-5-2-1-3-7-4-5/h5-6H,1-4H2.